The molecule has 6 nitrogen and oxygen atoms in total. The molecule has 1 saturated heterocycles. The number of carbonyl (C=O) groups is 2. The second kappa shape index (κ2) is 9.69. The summed E-state index contributed by atoms with van der Waals surface area (Å²) in [6.07, 6.45) is 2.91. The van der Waals surface area contributed by atoms with E-state index in [1.165, 1.54) is 0 Å². The molecule has 1 aliphatic rings. The normalized spacial score (nSPS) is 16.0. The van der Waals surface area contributed by atoms with E-state index < -0.39 is 0 Å². The van der Waals surface area contributed by atoms with E-state index >= 15 is 0 Å². The molecule has 3 rings (SSSR count). The molecular weight excluding hydrogens is 388 g/mol. The van der Waals surface area contributed by atoms with Crippen molar-refractivity contribution < 1.29 is 19.1 Å². The maximum Gasteiger partial charge on any atom is 0.227 e. The van der Waals surface area contributed by atoms with Gasteiger partial charge in [-0.1, -0.05) is 12.1 Å². The predicted molar refractivity (Wildman–Crippen MR) is 115 cm³/mol. The molecule has 0 unspecified atom stereocenters. The summed E-state index contributed by atoms with van der Waals surface area (Å²) in [6.45, 7) is 0.916. The number of nitrogens with one attached hydrogen (secondary N) is 1. The van der Waals surface area contributed by atoms with E-state index in [0.717, 1.165) is 16.1 Å². The van der Waals surface area contributed by atoms with Crippen molar-refractivity contribution in [3.63, 3.8) is 0 Å². The van der Waals surface area contributed by atoms with E-state index in [4.69, 9.17) is 9.47 Å². The van der Waals surface area contributed by atoms with Crippen LogP contribution in [0.3, 0.4) is 0 Å². The van der Waals surface area contributed by atoms with Gasteiger partial charge in [0.05, 0.1) is 20.1 Å². The van der Waals surface area contributed by atoms with Crippen LogP contribution in [0.1, 0.15) is 12.0 Å². The van der Waals surface area contributed by atoms with Gasteiger partial charge in [0.25, 0.3) is 0 Å². The summed E-state index contributed by atoms with van der Waals surface area (Å²) in [6, 6.07) is 13.6. The minimum atomic E-state index is -0.328. The number of nitrogens with zero attached hydrogens (tertiary/aromatic N) is 1. The van der Waals surface area contributed by atoms with Crippen LogP contribution in [0.15, 0.2) is 47.4 Å². The molecule has 29 heavy (non-hydrogen) atoms. The first-order valence-electron chi connectivity index (χ1n) is 9.48. The molecule has 0 aromatic heterocycles. The summed E-state index contributed by atoms with van der Waals surface area (Å²) in [5, 5.41) is 2.96. The highest BCUT2D eigenvalue weighted by atomic mass is 32.2. The molecule has 1 aliphatic heterocycles. The Bertz CT molecular complexity index is 887. The molecule has 0 saturated carbocycles. The van der Waals surface area contributed by atoms with Gasteiger partial charge in [-0.25, -0.2) is 0 Å². The average molecular weight is 415 g/mol. The highest BCUT2D eigenvalue weighted by molar-refractivity contribution is 7.98. The zero-order valence-electron chi connectivity index (χ0n) is 16.9. The van der Waals surface area contributed by atoms with Crippen molar-refractivity contribution in [2.24, 2.45) is 5.92 Å². The largest absolute Gasteiger partial charge is 0.493 e. The molecule has 1 fully saturated rings. The number of methoxy groups -OCH3 is 2. The van der Waals surface area contributed by atoms with Crippen LogP contribution in [0.25, 0.3) is 0 Å². The van der Waals surface area contributed by atoms with Crippen molar-refractivity contribution in [1.29, 1.82) is 0 Å². The number of rotatable bonds is 8. The van der Waals surface area contributed by atoms with Gasteiger partial charge < -0.3 is 19.7 Å². The number of thioether (sulfide) groups is 1. The Hall–Kier alpha value is -2.67. The fourth-order valence-corrected chi connectivity index (χ4v) is 3.87. The molecule has 154 valence electrons. The van der Waals surface area contributed by atoms with Crippen molar-refractivity contribution in [3.8, 4) is 11.5 Å². The molecule has 0 radical (unpaired) electrons. The smallest absolute Gasteiger partial charge is 0.227 e. The SMILES string of the molecule is COc1ccc(CCNC(=O)[C@@H]2CC(=O)N(c3cccc(SC)c3)C2)cc1OC. The molecule has 2 amide bonds. The molecule has 0 spiro atoms. The number of amides is 2. The van der Waals surface area contributed by atoms with Crippen LogP contribution < -0.4 is 19.7 Å². The van der Waals surface area contributed by atoms with Gasteiger partial charge in [0.15, 0.2) is 11.5 Å². The van der Waals surface area contributed by atoms with Crippen molar-refractivity contribution in [2.45, 2.75) is 17.7 Å². The summed E-state index contributed by atoms with van der Waals surface area (Å²) in [5.74, 6) is 0.924. The third-order valence-electron chi connectivity index (χ3n) is 5.02. The second-order valence-corrected chi connectivity index (χ2v) is 7.72. The minimum Gasteiger partial charge on any atom is -0.493 e. The van der Waals surface area contributed by atoms with Crippen LogP contribution >= 0.6 is 11.8 Å². The highest BCUT2D eigenvalue weighted by Gasteiger charge is 2.35. The Morgan fingerprint density at radius 1 is 1.17 bits per heavy atom. The third kappa shape index (κ3) is 5.03. The first-order valence-corrected chi connectivity index (χ1v) is 10.7. The lowest BCUT2D eigenvalue weighted by molar-refractivity contribution is -0.126. The maximum absolute atomic E-state index is 12.6. The lowest BCUT2D eigenvalue weighted by Gasteiger charge is -2.17. The summed E-state index contributed by atoms with van der Waals surface area (Å²) in [5.41, 5.74) is 1.89. The number of hydrogen-bond donors (Lipinski definition) is 1. The molecule has 2 aromatic rings. The van der Waals surface area contributed by atoms with Crippen molar-refractivity contribution in [2.75, 3.05) is 38.5 Å². The molecule has 2 aromatic carbocycles. The second-order valence-electron chi connectivity index (χ2n) is 6.84. The van der Waals surface area contributed by atoms with Gasteiger partial charge in [-0.15, -0.1) is 11.8 Å². The third-order valence-corrected chi connectivity index (χ3v) is 5.75. The first-order chi connectivity index (χ1) is 14.0. The lowest BCUT2D eigenvalue weighted by Crippen LogP contribution is -2.34. The predicted octanol–water partition coefficient (Wildman–Crippen LogP) is 3.14. The standard InChI is InChI=1S/C22H26N2O4S/c1-27-19-8-7-15(11-20(19)28-2)9-10-23-22(26)16-12-21(25)24(14-16)17-5-4-6-18(13-17)29-3/h4-8,11,13,16H,9-10,12,14H2,1-3H3,(H,23,26)/t16-/m1/s1. The lowest BCUT2D eigenvalue weighted by atomic mass is 10.1. The van der Waals surface area contributed by atoms with Gasteiger partial charge in [0.1, 0.15) is 0 Å². The Balaban J connectivity index is 1.54. The maximum atomic E-state index is 12.6. The number of benzene rings is 2. The van der Waals surface area contributed by atoms with Crippen LogP contribution in [0.2, 0.25) is 0 Å². The Morgan fingerprint density at radius 3 is 2.69 bits per heavy atom. The number of carbonyl (C=O) groups excluding carboxylic acids is 2. The number of hydrogen-bond acceptors (Lipinski definition) is 5. The van der Waals surface area contributed by atoms with Crippen molar-refractivity contribution in [3.05, 3.63) is 48.0 Å². The monoisotopic (exact) mass is 414 g/mol. The van der Waals surface area contributed by atoms with E-state index in [0.29, 0.717) is 31.0 Å². The van der Waals surface area contributed by atoms with Gasteiger partial charge in [0, 0.05) is 30.1 Å². The fraction of sp³-hybridized carbons (Fsp3) is 0.364. The van der Waals surface area contributed by atoms with E-state index in [1.807, 2.05) is 48.7 Å². The fourth-order valence-electron chi connectivity index (χ4n) is 3.42. The topological polar surface area (TPSA) is 67.9 Å². The van der Waals surface area contributed by atoms with Crippen LogP contribution in [0.5, 0.6) is 11.5 Å². The highest BCUT2D eigenvalue weighted by Crippen LogP contribution is 2.29. The zero-order valence-corrected chi connectivity index (χ0v) is 17.8. The van der Waals surface area contributed by atoms with Gasteiger partial charge in [-0.3, -0.25) is 9.59 Å². The summed E-state index contributed by atoms with van der Waals surface area (Å²) >= 11 is 1.63. The average Bonchev–Trinajstić information content (AvgIpc) is 3.15. The van der Waals surface area contributed by atoms with E-state index in [2.05, 4.69) is 5.32 Å². The molecule has 0 bridgehead atoms. The molecule has 1 N–H and O–H groups in total. The van der Waals surface area contributed by atoms with E-state index in [9.17, 15) is 9.59 Å². The Labute approximate surface area is 175 Å². The van der Waals surface area contributed by atoms with Gasteiger partial charge >= 0.3 is 0 Å². The molecular formula is C22H26N2O4S. The Kier molecular flexibility index (Phi) is 7.04. The van der Waals surface area contributed by atoms with E-state index in [-0.39, 0.29) is 24.2 Å². The summed E-state index contributed by atoms with van der Waals surface area (Å²) in [7, 11) is 3.20. The van der Waals surface area contributed by atoms with Gasteiger partial charge in [0.2, 0.25) is 11.8 Å². The van der Waals surface area contributed by atoms with E-state index in [1.54, 1.807) is 30.9 Å². The Morgan fingerprint density at radius 2 is 1.97 bits per heavy atom. The van der Waals surface area contributed by atoms with Gasteiger partial charge in [-0.2, -0.15) is 0 Å². The first kappa shape index (κ1) is 21.0. The summed E-state index contributed by atoms with van der Waals surface area (Å²) in [4.78, 5) is 27.8. The quantitative estimate of drug-likeness (QED) is 0.672. The molecule has 1 atom stereocenters. The van der Waals surface area contributed by atoms with Gasteiger partial charge in [-0.05, 0) is 48.6 Å². The van der Waals surface area contributed by atoms with Crippen LogP contribution in [-0.2, 0) is 16.0 Å². The van der Waals surface area contributed by atoms with Crippen molar-refractivity contribution >= 4 is 29.3 Å². The number of ether oxygens (including phenoxy) is 2. The zero-order chi connectivity index (χ0) is 20.8. The molecule has 7 heteroatoms. The summed E-state index contributed by atoms with van der Waals surface area (Å²) < 4.78 is 10.6. The van der Waals surface area contributed by atoms with Crippen LogP contribution in [-0.4, -0.2) is 45.4 Å². The minimum absolute atomic E-state index is 0.0108. The molecule has 0 aliphatic carbocycles. The molecule has 1 heterocycles. The van der Waals surface area contributed by atoms with Crippen LogP contribution in [0, 0.1) is 5.92 Å². The van der Waals surface area contributed by atoms with Crippen molar-refractivity contribution in [1.82, 2.24) is 5.32 Å². The number of anilines is 1. The van der Waals surface area contributed by atoms with Crippen LogP contribution in [0.4, 0.5) is 5.69 Å².